The second kappa shape index (κ2) is 13.3. The summed E-state index contributed by atoms with van der Waals surface area (Å²) in [6.07, 6.45) is 0. The molecule has 0 aliphatic rings. The van der Waals surface area contributed by atoms with Crippen LogP contribution in [0.4, 0.5) is 11.4 Å². The molecule has 0 fully saturated rings. The third-order valence-electron chi connectivity index (χ3n) is 6.44. The summed E-state index contributed by atoms with van der Waals surface area (Å²) in [7, 11) is -7.47. The number of sulfonamides is 2. The fourth-order valence-corrected chi connectivity index (χ4v) is 6.15. The van der Waals surface area contributed by atoms with Crippen molar-refractivity contribution in [3.63, 3.8) is 0 Å². The lowest BCUT2D eigenvalue weighted by atomic mass is 10.2. The van der Waals surface area contributed by atoms with Crippen LogP contribution in [0.1, 0.15) is 11.1 Å². The van der Waals surface area contributed by atoms with Crippen LogP contribution in [0.3, 0.4) is 0 Å². The van der Waals surface area contributed by atoms with Gasteiger partial charge >= 0.3 is 5.69 Å². The van der Waals surface area contributed by atoms with E-state index in [4.69, 9.17) is 4.63 Å². The van der Waals surface area contributed by atoms with Gasteiger partial charge in [0.25, 0.3) is 0 Å². The number of nitrogens with one attached hydrogen (secondary N) is 3. The third kappa shape index (κ3) is 7.86. The Morgan fingerprint density at radius 2 is 1.21 bits per heavy atom. The van der Waals surface area contributed by atoms with Crippen molar-refractivity contribution in [3.05, 3.63) is 81.9 Å². The van der Waals surface area contributed by atoms with E-state index in [2.05, 4.69) is 25.1 Å². The Morgan fingerprint density at radius 1 is 0.738 bits per heavy atom. The number of nitrogens with zero attached hydrogens (tertiary/aromatic N) is 4. The lowest BCUT2D eigenvalue weighted by molar-refractivity contribution is -0.383. The van der Waals surface area contributed by atoms with Crippen molar-refractivity contribution in [3.8, 4) is 0 Å². The van der Waals surface area contributed by atoms with Crippen LogP contribution >= 0.6 is 0 Å². The Hall–Kier alpha value is -3.96. The lowest BCUT2D eigenvalue weighted by Crippen LogP contribution is -2.41. The first kappa shape index (κ1) is 31.0. The van der Waals surface area contributed by atoms with Crippen LogP contribution in [0, 0.1) is 24.0 Å². The molecule has 0 aliphatic heterocycles. The van der Waals surface area contributed by atoms with Crippen molar-refractivity contribution in [2.45, 2.75) is 23.6 Å². The Labute approximate surface area is 243 Å². The summed E-state index contributed by atoms with van der Waals surface area (Å²) in [5.41, 5.74) is 2.32. The number of hydrogen-bond acceptors (Lipinski definition) is 11. The highest BCUT2D eigenvalue weighted by molar-refractivity contribution is 7.89. The molecule has 0 bridgehead atoms. The standard InChI is InChI=1S/C26H31N7O7S2/c1-19-3-7-21(8-4-19)41(36,37)28-14-17-32(18-15-29-42(38,39)22-9-5-20(2)6-10-22)16-13-27-23-11-12-24(33(34)35)26-25(23)30-40-31-26/h3-12,27-29H,13-18H2,1-2H3. The van der Waals surface area contributed by atoms with E-state index in [-0.39, 0.29) is 52.7 Å². The summed E-state index contributed by atoms with van der Waals surface area (Å²) >= 11 is 0. The van der Waals surface area contributed by atoms with Gasteiger partial charge in [-0.1, -0.05) is 35.4 Å². The highest BCUT2D eigenvalue weighted by atomic mass is 32.2. The molecule has 0 saturated heterocycles. The minimum atomic E-state index is -3.73. The Kier molecular flexibility index (Phi) is 9.85. The normalized spacial score (nSPS) is 12.2. The summed E-state index contributed by atoms with van der Waals surface area (Å²) in [5, 5.41) is 21.8. The van der Waals surface area contributed by atoms with E-state index in [0.717, 1.165) is 11.1 Å². The van der Waals surface area contributed by atoms with E-state index in [9.17, 15) is 26.9 Å². The van der Waals surface area contributed by atoms with E-state index >= 15 is 0 Å². The molecule has 42 heavy (non-hydrogen) atoms. The van der Waals surface area contributed by atoms with E-state index in [1.54, 1.807) is 24.3 Å². The fraction of sp³-hybridized carbons (Fsp3) is 0.308. The van der Waals surface area contributed by atoms with Gasteiger partial charge in [-0.3, -0.25) is 15.0 Å². The van der Waals surface area contributed by atoms with Gasteiger partial charge in [0.2, 0.25) is 25.6 Å². The smallest absolute Gasteiger partial charge is 0.300 e. The quantitative estimate of drug-likeness (QED) is 0.131. The molecular formula is C26H31N7O7S2. The van der Waals surface area contributed by atoms with E-state index in [1.807, 2.05) is 18.7 Å². The van der Waals surface area contributed by atoms with Crippen LogP contribution in [0.5, 0.6) is 0 Å². The van der Waals surface area contributed by atoms with Crippen LogP contribution in [0.2, 0.25) is 0 Å². The number of nitro benzene ring substituents is 1. The Balaban J connectivity index is 1.40. The minimum absolute atomic E-state index is 0.0119. The average Bonchev–Trinajstić information content (AvgIpc) is 3.43. The molecule has 0 radical (unpaired) electrons. The number of anilines is 1. The highest BCUT2D eigenvalue weighted by Crippen LogP contribution is 2.28. The largest absolute Gasteiger partial charge is 0.382 e. The van der Waals surface area contributed by atoms with Gasteiger partial charge in [-0.25, -0.2) is 30.9 Å². The number of non-ortho nitro benzene ring substituents is 1. The topological polar surface area (TPSA) is 190 Å². The van der Waals surface area contributed by atoms with Gasteiger partial charge in [0, 0.05) is 45.3 Å². The monoisotopic (exact) mass is 617 g/mol. The number of benzene rings is 3. The van der Waals surface area contributed by atoms with Gasteiger partial charge in [-0.15, -0.1) is 0 Å². The zero-order valence-corrected chi connectivity index (χ0v) is 24.6. The zero-order chi connectivity index (χ0) is 30.3. The fourth-order valence-electron chi connectivity index (χ4n) is 4.11. The van der Waals surface area contributed by atoms with Crippen LogP contribution in [-0.4, -0.2) is 76.2 Å². The second-order valence-electron chi connectivity index (χ2n) is 9.54. The number of aromatic nitrogens is 2. The molecule has 4 aromatic rings. The van der Waals surface area contributed by atoms with Crippen LogP contribution in [0.15, 0.2) is 75.1 Å². The molecule has 3 N–H and O–H groups in total. The van der Waals surface area contributed by atoms with Gasteiger partial charge in [0.05, 0.1) is 20.4 Å². The molecule has 1 aromatic heterocycles. The molecule has 224 valence electrons. The number of hydrogen-bond donors (Lipinski definition) is 3. The van der Waals surface area contributed by atoms with Crippen molar-refractivity contribution in [2.24, 2.45) is 0 Å². The zero-order valence-electron chi connectivity index (χ0n) is 23.0. The lowest BCUT2D eigenvalue weighted by Gasteiger charge is -2.23. The average molecular weight is 618 g/mol. The molecule has 0 saturated carbocycles. The molecule has 3 aromatic carbocycles. The Morgan fingerprint density at radius 3 is 1.71 bits per heavy atom. The molecule has 0 amide bonds. The van der Waals surface area contributed by atoms with Gasteiger partial charge in [0.15, 0.2) is 5.52 Å². The number of aryl methyl sites for hydroxylation is 2. The van der Waals surface area contributed by atoms with Crippen molar-refractivity contribution >= 4 is 42.5 Å². The second-order valence-corrected chi connectivity index (χ2v) is 13.1. The molecule has 4 rings (SSSR count). The highest BCUT2D eigenvalue weighted by Gasteiger charge is 2.20. The summed E-state index contributed by atoms with van der Waals surface area (Å²) in [6, 6.07) is 15.8. The van der Waals surface area contributed by atoms with E-state index in [1.165, 1.54) is 36.4 Å². The van der Waals surface area contributed by atoms with Crippen LogP contribution < -0.4 is 14.8 Å². The molecule has 0 aliphatic carbocycles. The van der Waals surface area contributed by atoms with Crippen molar-refractivity contribution in [2.75, 3.05) is 44.6 Å². The van der Waals surface area contributed by atoms with Crippen molar-refractivity contribution in [1.29, 1.82) is 0 Å². The molecular weight excluding hydrogens is 586 g/mol. The maximum atomic E-state index is 12.7. The minimum Gasteiger partial charge on any atom is -0.382 e. The predicted octanol–water partition coefficient (Wildman–Crippen LogP) is 2.42. The summed E-state index contributed by atoms with van der Waals surface area (Å²) in [5.74, 6) is 0. The SMILES string of the molecule is Cc1ccc(S(=O)(=O)NCCN(CCNc2ccc([N+](=O)[O-])c3nonc23)CCNS(=O)(=O)c2ccc(C)cc2)cc1. The summed E-state index contributed by atoms with van der Waals surface area (Å²) in [4.78, 5) is 12.9. The van der Waals surface area contributed by atoms with Crippen molar-refractivity contribution in [1.82, 2.24) is 24.7 Å². The molecule has 0 spiro atoms. The molecule has 0 unspecified atom stereocenters. The number of nitro groups is 1. The van der Waals surface area contributed by atoms with Gasteiger partial charge in [0.1, 0.15) is 0 Å². The van der Waals surface area contributed by atoms with E-state index < -0.39 is 25.0 Å². The third-order valence-corrected chi connectivity index (χ3v) is 9.39. The first-order chi connectivity index (χ1) is 20.0. The number of fused-ring (bicyclic) bond motifs is 1. The summed E-state index contributed by atoms with van der Waals surface area (Å²) < 4.78 is 60.8. The molecule has 16 heteroatoms. The van der Waals surface area contributed by atoms with Gasteiger partial charge < -0.3 is 5.32 Å². The summed E-state index contributed by atoms with van der Waals surface area (Å²) in [6.45, 7) is 5.15. The molecule has 14 nitrogen and oxygen atoms in total. The Bertz CT molecular complexity index is 1660. The molecule has 1 heterocycles. The van der Waals surface area contributed by atoms with Gasteiger partial charge in [-0.2, -0.15) is 0 Å². The van der Waals surface area contributed by atoms with Crippen LogP contribution in [0.25, 0.3) is 11.0 Å². The van der Waals surface area contributed by atoms with Crippen molar-refractivity contribution < 1.29 is 26.4 Å². The number of rotatable bonds is 15. The first-order valence-corrected chi connectivity index (χ1v) is 15.9. The molecule has 0 atom stereocenters. The maximum absolute atomic E-state index is 12.7. The first-order valence-electron chi connectivity index (χ1n) is 12.9. The van der Waals surface area contributed by atoms with Gasteiger partial charge in [-0.05, 0) is 54.5 Å². The maximum Gasteiger partial charge on any atom is 0.300 e. The predicted molar refractivity (Wildman–Crippen MR) is 156 cm³/mol. The van der Waals surface area contributed by atoms with Crippen LogP contribution in [-0.2, 0) is 20.0 Å². The van der Waals surface area contributed by atoms with E-state index in [0.29, 0.717) is 18.8 Å².